The number of aliphatic hydroxyl groups is 4. The number of hydrogen-bond donors (Lipinski definition) is 5. The lowest BCUT2D eigenvalue weighted by Gasteiger charge is -2.27. The lowest BCUT2D eigenvalue weighted by Crippen LogP contribution is -2.53. The molecule has 54 heavy (non-hydrogen) atoms. The largest absolute Gasteiger partial charge is 0.394 e. The number of carbonyl (C=O) groups is 1. The van der Waals surface area contributed by atoms with Crippen LogP contribution in [0.15, 0.2) is 12.2 Å². The fourth-order valence-corrected chi connectivity index (χ4v) is 7.64. The van der Waals surface area contributed by atoms with E-state index in [1.807, 2.05) is 0 Å². The average Bonchev–Trinajstić information content (AvgIpc) is 3.18. The molecule has 0 aromatic carbocycles. The molecule has 0 saturated carbocycles. The topological polar surface area (TPSA) is 110 Å². The van der Waals surface area contributed by atoms with E-state index < -0.39 is 36.9 Å². The molecule has 0 radical (unpaired) electrons. The van der Waals surface area contributed by atoms with E-state index in [1.165, 1.54) is 193 Å². The Kier molecular flexibility index (Phi) is 42.4. The van der Waals surface area contributed by atoms with Crippen molar-refractivity contribution in [1.29, 1.82) is 0 Å². The van der Waals surface area contributed by atoms with Gasteiger partial charge in [-0.05, 0) is 38.5 Å². The van der Waals surface area contributed by atoms with Gasteiger partial charge in [-0.2, -0.15) is 0 Å². The summed E-state index contributed by atoms with van der Waals surface area (Å²) in [5.74, 6) is -0.593. The number of hydrogen-bond acceptors (Lipinski definition) is 5. The summed E-state index contributed by atoms with van der Waals surface area (Å²) >= 11 is 0. The number of nitrogens with one attached hydrogen (secondary N) is 1. The fourth-order valence-electron chi connectivity index (χ4n) is 7.64. The fraction of sp³-hybridized carbons (Fsp3) is 0.938. The molecule has 0 aliphatic rings. The maximum atomic E-state index is 12.4. The Balaban J connectivity index is 3.61. The van der Waals surface area contributed by atoms with Crippen LogP contribution in [-0.4, -0.2) is 57.3 Å². The van der Waals surface area contributed by atoms with Crippen molar-refractivity contribution in [3.05, 3.63) is 12.2 Å². The van der Waals surface area contributed by atoms with Gasteiger partial charge in [0.2, 0.25) is 5.91 Å². The van der Waals surface area contributed by atoms with Crippen LogP contribution in [0.25, 0.3) is 0 Å². The van der Waals surface area contributed by atoms with E-state index in [9.17, 15) is 25.2 Å². The molecule has 6 heteroatoms. The van der Waals surface area contributed by atoms with Crippen LogP contribution in [0.1, 0.15) is 258 Å². The Morgan fingerprint density at radius 1 is 0.444 bits per heavy atom. The molecule has 6 nitrogen and oxygen atoms in total. The number of aliphatic hydroxyl groups excluding tert-OH is 4. The summed E-state index contributed by atoms with van der Waals surface area (Å²) in [4.78, 5) is 12.4. The van der Waals surface area contributed by atoms with E-state index in [4.69, 9.17) is 0 Å². The molecule has 1 amide bonds. The molecule has 4 atom stereocenters. The van der Waals surface area contributed by atoms with E-state index in [2.05, 4.69) is 31.3 Å². The predicted molar refractivity (Wildman–Crippen MR) is 233 cm³/mol. The van der Waals surface area contributed by atoms with E-state index in [0.717, 1.165) is 38.5 Å². The van der Waals surface area contributed by atoms with Gasteiger partial charge in [-0.3, -0.25) is 4.79 Å². The Morgan fingerprint density at radius 2 is 0.759 bits per heavy atom. The van der Waals surface area contributed by atoms with Gasteiger partial charge in [-0.25, -0.2) is 0 Å². The van der Waals surface area contributed by atoms with E-state index in [0.29, 0.717) is 12.8 Å². The molecule has 0 fully saturated rings. The standard InChI is InChI=1S/C48H95NO5/c1-3-5-7-9-11-13-15-16-17-18-19-20-21-22-23-24-25-26-27-28-29-30-31-32-34-35-37-39-41-45(51)47(53)44(43-50)49-48(54)46(52)42-40-38-36-33-14-12-10-8-6-4-2/h34-35,44-47,50-53H,3-33,36-43H2,1-2H3,(H,49,54)/b35-34+. The molecule has 0 bridgehead atoms. The van der Waals surface area contributed by atoms with Gasteiger partial charge in [0, 0.05) is 0 Å². The molecule has 0 spiro atoms. The summed E-state index contributed by atoms with van der Waals surface area (Å²) in [6, 6.07) is -0.996. The molecule has 5 N–H and O–H groups in total. The van der Waals surface area contributed by atoms with Gasteiger partial charge in [-0.15, -0.1) is 0 Å². The summed E-state index contributed by atoms with van der Waals surface area (Å²) in [5.41, 5.74) is 0. The van der Waals surface area contributed by atoms with Gasteiger partial charge in [0.05, 0.1) is 18.8 Å². The maximum absolute atomic E-state index is 12.4. The minimum Gasteiger partial charge on any atom is -0.394 e. The first-order valence-electron chi connectivity index (χ1n) is 24.1. The number of amides is 1. The lowest BCUT2D eigenvalue weighted by molar-refractivity contribution is -0.132. The summed E-state index contributed by atoms with van der Waals surface area (Å²) in [7, 11) is 0. The molecule has 0 aliphatic carbocycles. The third kappa shape index (κ3) is 36.7. The zero-order valence-electron chi connectivity index (χ0n) is 36.2. The predicted octanol–water partition coefficient (Wildman–Crippen LogP) is 13.0. The van der Waals surface area contributed by atoms with Crippen molar-refractivity contribution in [3.63, 3.8) is 0 Å². The molecule has 0 rings (SSSR count). The monoisotopic (exact) mass is 766 g/mol. The van der Waals surface area contributed by atoms with Crippen molar-refractivity contribution >= 4 is 5.91 Å². The van der Waals surface area contributed by atoms with E-state index >= 15 is 0 Å². The summed E-state index contributed by atoms with van der Waals surface area (Å²) in [5, 5.41) is 43.6. The van der Waals surface area contributed by atoms with Crippen molar-refractivity contribution < 1.29 is 25.2 Å². The normalized spacial score (nSPS) is 14.1. The second-order valence-corrected chi connectivity index (χ2v) is 16.8. The van der Waals surface area contributed by atoms with E-state index in [1.54, 1.807) is 0 Å². The molecule has 4 unspecified atom stereocenters. The molecule has 0 heterocycles. The second kappa shape index (κ2) is 43.2. The summed E-state index contributed by atoms with van der Waals surface area (Å²) < 4.78 is 0. The SMILES string of the molecule is CCCCCCCCCCCCCCCCCCCCCCCCC/C=C/CCCC(O)C(O)C(CO)NC(=O)C(O)CCCCCCCCCCCC. The van der Waals surface area contributed by atoms with Crippen LogP contribution in [0.2, 0.25) is 0 Å². The van der Waals surface area contributed by atoms with Crippen molar-refractivity contribution in [3.8, 4) is 0 Å². The molecule has 0 aromatic heterocycles. The van der Waals surface area contributed by atoms with Gasteiger partial charge < -0.3 is 25.7 Å². The van der Waals surface area contributed by atoms with Crippen molar-refractivity contribution in [1.82, 2.24) is 5.32 Å². The van der Waals surface area contributed by atoms with Crippen LogP contribution < -0.4 is 5.32 Å². The van der Waals surface area contributed by atoms with Gasteiger partial charge in [0.15, 0.2) is 0 Å². The minimum atomic E-state index is -1.28. The summed E-state index contributed by atoms with van der Waals surface area (Å²) in [6.07, 6.45) is 48.5. The highest BCUT2D eigenvalue weighted by Crippen LogP contribution is 2.17. The molecular weight excluding hydrogens is 671 g/mol. The maximum Gasteiger partial charge on any atom is 0.249 e. The Labute approximate surface area is 336 Å². The zero-order valence-corrected chi connectivity index (χ0v) is 36.2. The highest BCUT2D eigenvalue weighted by atomic mass is 16.3. The van der Waals surface area contributed by atoms with Crippen LogP contribution in [0.3, 0.4) is 0 Å². The Bertz CT molecular complexity index is 776. The van der Waals surface area contributed by atoms with Gasteiger partial charge in [0.25, 0.3) is 0 Å². The third-order valence-electron chi connectivity index (χ3n) is 11.5. The van der Waals surface area contributed by atoms with Crippen molar-refractivity contribution in [2.45, 2.75) is 282 Å². The van der Waals surface area contributed by atoms with Crippen molar-refractivity contribution in [2.24, 2.45) is 0 Å². The molecule has 0 aliphatic heterocycles. The second-order valence-electron chi connectivity index (χ2n) is 16.8. The minimum absolute atomic E-state index is 0.366. The van der Waals surface area contributed by atoms with Crippen LogP contribution in [0, 0.1) is 0 Å². The average molecular weight is 766 g/mol. The molecule has 0 saturated heterocycles. The van der Waals surface area contributed by atoms with Crippen LogP contribution >= 0.6 is 0 Å². The molecule has 322 valence electrons. The van der Waals surface area contributed by atoms with Gasteiger partial charge >= 0.3 is 0 Å². The first-order chi connectivity index (χ1) is 26.5. The third-order valence-corrected chi connectivity index (χ3v) is 11.5. The van der Waals surface area contributed by atoms with Gasteiger partial charge in [0.1, 0.15) is 12.2 Å². The van der Waals surface area contributed by atoms with E-state index in [-0.39, 0.29) is 0 Å². The highest BCUT2D eigenvalue weighted by Gasteiger charge is 2.28. The smallest absolute Gasteiger partial charge is 0.249 e. The Hall–Kier alpha value is -0.950. The summed E-state index contributed by atoms with van der Waals surface area (Å²) in [6.45, 7) is 4.03. The quantitative estimate of drug-likeness (QED) is 0.0313. The number of unbranched alkanes of at least 4 members (excludes halogenated alkanes) is 33. The van der Waals surface area contributed by atoms with Crippen LogP contribution in [-0.2, 0) is 4.79 Å². The first-order valence-corrected chi connectivity index (χ1v) is 24.1. The highest BCUT2D eigenvalue weighted by molar-refractivity contribution is 5.80. The van der Waals surface area contributed by atoms with Crippen LogP contribution in [0.5, 0.6) is 0 Å². The lowest BCUT2D eigenvalue weighted by atomic mass is 10.00. The zero-order chi connectivity index (χ0) is 39.6. The van der Waals surface area contributed by atoms with Crippen molar-refractivity contribution in [2.75, 3.05) is 6.61 Å². The number of rotatable bonds is 44. The molecular formula is C48H95NO5. The first kappa shape index (κ1) is 53.0. The van der Waals surface area contributed by atoms with Crippen LogP contribution in [0.4, 0.5) is 0 Å². The van der Waals surface area contributed by atoms with Gasteiger partial charge in [-0.1, -0.05) is 231 Å². The number of carbonyl (C=O) groups excluding carboxylic acids is 1. The molecule has 0 aromatic rings. The Morgan fingerprint density at radius 3 is 1.11 bits per heavy atom. The number of allylic oxidation sites excluding steroid dienone is 2.